The van der Waals surface area contributed by atoms with Crippen LogP contribution in [0.4, 0.5) is 0 Å². The number of amides is 1. The van der Waals surface area contributed by atoms with Crippen LogP contribution in [-0.4, -0.2) is 25.7 Å². The summed E-state index contributed by atoms with van der Waals surface area (Å²) < 4.78 is 5.52. The lowest BCUT2D eigenvalue weighted by Gasteiger charge is -2.08. The zero-order valence-corrected chi connectivity index (χ0v) is 12.6. The van der Waals surface area contributed by atoms with Gasteiger partial charge in [0.2, 0.25) is 5.91 Å². The van der Waals surface area contributed by atoms with Crippen molar-refractivity contribution in [3.63, 3.8) is 0 Å². The minimum Gasteiger partial charge on any atom is -0.381 e. The SMILES string of the molecule is CC(C)COCCCCCCCNC(=O)C(C)C. The number of carbonyl (C=O) groups excluding carboxylic acids is 1. The molecule has 3 heteroatoms. The molecular formula is C15H31NO2. The maximum atomic E-state index is 11.3. The minimum absolute atomic E-state index is 0.100. The molecule has 0 rings (SSSR count). The van der Waals surface area contributed by atoms with Gasteiger partial charge in [-0.15, -0.1) is 0 Å². The molecule has 0 aliphatic heterocycles. The molecule has 0 spiro atoms. The summed E-state index contributed by atoms with van der Waals surface area (Å²) in [5.41, 5.74) is 0. The highest BCUT2D eigenvalue weighted by Gasteiger charge is 2.04. The van der Waals surface area contributed by atoms with Crippen molar-refractivity contribution in [2.45, 2.75) is 59.8 Å². The molecule has 1 N–H and O–H groups in total. The van der Waals surface area contributed by atoms with Crippen molar-refractivity contribution in [1.29, 1.82) is 0 Å². The van der Waals surface area contributed by atoms with Crippen molar-refractivity contribution in [2.24, 2.45) is 11.8 Å². The predicted octanol–water partition coefficient (Wildman–Crippen LogP) is 3.38. The van der Waals surface area contributed by atoms with Crippen molar-refractivity contribution in [1.82, 2.24) is 5.32 Å². The van der Waals surface area contributed by atoms with Crippen molar-refractivity contribution in [3.05, 3.63) is 0 Å². The van der Waals surface area contributed by atoms with E-state index in [0.717, 1.165) is 32.6 Å². The Labute approximate surface area is 113 Å². The molecule has 0 atom stereocenters. The van der Waals surface area contributed by atoms with Crippen LogP contribution in [0.3, 0.4) is 0 Å². The summed E-state index contributed by atoms with van der Waals surface area (Å²) in [6.07, 6.45) is 5.91. The van der Waals surface area contributed by atoms with Gasteiger partial charge in [0.15, 0.2) is 0 Å². The number of unbranched alkanes of at least 4 members (excludes halogenated alkanes) is 4. The molecule has 0 bridgehead atoms. The molecular weight excluding hydrogens is 226 g/mol. The first-order valence-electron chi connectivity index (χ1n) is 7.39. The van der Waals surface area contributed by atoms with E-state index in [2.05, 4.69) is 19.2 Å². The van der Waals surface area contributed by atoms with Crippen LogP contribution in [0.15, 0.2) is 0 Å². The highest BCUT2D eigenvalue weighted by molar-refractivity contribution is 5.77. The molecule has 18 heavy (non-hydrogen) atoms. The van der Waals surface area contributed by atoms with E-state index in [1.54, 1.807) is 0 Å². The van der Waals surface area contributed by atoms with Crippen molar-refractivity contribution < 1.29 is 9.53 Å². The second kappa shape index (κ2) is 11.5. The highest BCUT2D eigenvalue weighted by Crippen LogP contribution is 2.03. The number of nitrogens with one attached hydrogen (secondary N) is 1. The fourth-order valence-electron chi connectivity index (χ4n) is 1.59. The van der Waals surface area contributed by atoms with Gasteiger partial charge in [0.05, 0.1) is 0 Å². The normalized spacial score (nSPS) is 11.2. The van der Waals surface area contributed by atoms with Gasteiger partial charge in [0, 0.05) is 25.7 Å². The van der Waals surface area contributed by atoms with E-state index in [9.17, 15) is 4.79 Å². The Balaban J connectivity index is 3.10. The van der Waals surface area contributed by atoms with E-state index in [1.807, 2.05) is 13.8 Å². The summed E-state index contributed by atoms with van der Waals surface area (Å²) in [5.74, 6) is 0.898. The first-order chi connectivity index (χ1) is 8.54. The Morgan fingerprint density at radius 2 is 1.61 bits per heavy atom. The van der Waals surface area contributed by atoms with Crippen LogP contribution < -0.4 is 5.32 Å². The molecule has 108 valence electrons. The fraction of sp³-hybridized carbons (Fsp3) is 0.933. The molecule has 0 aromatic heterocycles. The molecule has 0 aromatic rings. The number of hydrogen-bond acceptors (Lipinski definition) is 2. The molecule has 1 amide bonds. The summed E-state index contributed by atoms with van der Waals surface area (Å²) in [6.45, 7) is 10.8. The van der Waals surface area contributed by atoms with Crippen molar-refractivity contribution in [3.8, 4) is 0 Å². The Kier molecular flexibility index (Phi) is 11.2. The maximum Gasteiger partial charge on any atom is 0.222 e. The molecule has 0 aromatic carbocycles. The second-order valence-corrected chi connectivity index (χ2v) is 5.68. The summed E-state index contributed by atoms with van der Waals surface area (Å²) in [6, 6.07) is 0. The molecule has 0 heterocycles. The Bertz CT molecular complexity index is 203. The van der Waals surface area contributed by atoms with Gasteiger partial charge in [-0.05, 0) is 18.8 Å². The monoisotopic (exact) mass is 257 g/mol. The molecule has 0 aliphatic rings. The molecule has 0 saturated heterocycles. The Hall–Kier alpha value is -0.570. The second-order valence-electron chi connectivity index (χ2n) is 5.68. The van der Waals surface area contributed by atoms with Gasteiger partial charge in [0.1, 0.15) is 0 Å². The quantitative estimate of drug-likeness (QED) is 0.576. The zero-order valence-electron chi connectivity index (χ0n) is 12.6. The highest BCUT2D eigenvalue weighted by atomic mass is 16.5. The largest absolute Gasteiger partial charge is 0.381 e. The van der Waals surface area contributed by atoms with Crippen molar-refractivity contribution in [2.75, 3.05) is 19.8 Å². The van der Waals surface area contributed by atoms with Crippen LogP contribution >= 0.6 is 0 Å². The number of ether oxygens (including phenoxy) is 1. The van der Waals surface area contributed by atoms with Crippen LogP contribution in [0.1, 0.15) is 59.8 Å². The van der Waals surface area contributed by atoms with E-state index >= 15 is 0 Å². The zero-order chi connectivity index (χ0) is 13.8. The first-order valence-corrected chi connectivity index (χ1v) is 7.39. The number of hydrogen-bond donors (Lipinski definition) is 1. The van der Waals surface area contributed by atoms with Crippen LogP contribution in [0.5, 0.6) is 0 Å². The Morgan fingerprint density at radius 3 is 2.22 bits per heavy atom. The van der Waals surface area contributed by atoms with Gasteiger partial charge in [0.25, 0.3) is 0 Å². The van der Waals surface area contributed by atoms with E-state index in [4.69, 9.17) is 4.74 Å². The maximum absolute atomic E-state index is 11.3. The number of rotatable bonds is 11. The lowest BCUT2D eigenvalue weighted by atomic mass is 10.1. The third-order valence-electron chi connectivity index (χ3n) is 2.74. The van der Waals surface area contributed by atoms with Crippen LogP contribution in [0.2, 0.25) is 0 Å². The molecule has 3 nitrogen and oxygen atoms in total. The predicted molar refractivity (Wildman–Crippen MR) is 76.6 cm³/mol. The number of carbonyl (C=O) groups is 1. The van der Waals surface area contributed by atoms with Gasteiger partial charge >= 0.3 is 0 Å². The van der Waals surface area contributed by atoms with E-state index in [1.165, 1.54) is 19.3 Å². The summed E-state index contributed by atoms with van der Waals surface area (Å²) >= 11 is 0. The van der Waals surface area contributed by atoms with Crippen molar-refractivity contribution >= 4 is 5.91 Å². The summed E-state index contributed by atoms with van der Waals surface area (Å²) in [7, 11) is 0. The topological polar surface area (TPSA) is 38.3 Å². The van der Waals surface area contributed by atoms with Gasteiger partial charge < -0.3 is 10.1 Å². The lowest BCUT2D eigenvalue weighted by molar-refractivity contribution is -0.123. The molecule has 0 saturated carbocycles. The lowest BCUT2D eigenvalue weighted by Crippen LogP contribution is -2.28. The molecule has 0 radical (unpaired) electrons. The van der Waals surface area contributed by atoms with E-state index in [0.29, 0.717) is 5.92 Å². The first kappa shape index (κ1) is 17.4. The van der Waals surface area contributed by atoms with Gasteiger partial charge in [-0.25, -0.2) is 0 Å². The third-order valence-corrected chi connectivity index (χ3v) is 2.74. The van der Waals surface area contributed by atoms with Crippen LogP contribution in [-0.2, 0) is 9.53 Å². The Morgan fingerprint density at radius 1 is 1.00 bits per heavy atom. The average Bonchev–Trinajstić information content (AvgIpc) is 2.30. The molecule has 0 fully saturated rings. The van der Waals surface area contributed by atoms with Gasteiger partial charge in [-0.2, -0.15) is 0 Å². The van der Waals surface area contributed by atoms with Gasteiger partial charge in [-0.1, -0.05) is 47.0 Å². The molecule has 0 unspecified atom stereocenters. The van der Waals surface area contributed by atoms with E-state index in [-0.39, 0.29) is 11.8 Å². The minimum atomic E-state index is 0.100. The molecule has 0 aliphatic carbocycles. The standard InChI is InChI=1S/C15H31NO2/c1-13(2)12-18-11-9-7-5-6-8-10-16-15(17)14(3)4/h13-14H,5-12H2,1-4H3,(H,16,17). The average molecular weight is 257 g/mol. The fourth-order valence-corrected chi connectivity index (χ4v) is 1.59. The third kappa shape index (κ3) is 11.9. The van der Waals surface area contributed by atoms with Crippen LogP contribution in [0, 0.1) is 11.8 Å². The smallest absolute Gasteiger partial charge is 0.222 e. The summed E-state index contributed by atoms with van der Waals surface area (Å²) in [5, 5.41) is 2.94. The summed E-state index contributed by atoms with van der Waals surface area (Å²) in [4.78, 5) is 11.3. The van der Waals surface area contributed by atoms with E-state index < -0.39 is 0 Å². The van der Waals surface area contributed by atoms with Gasteiger partial charge in [-0.3, -0.25) is 4.79 Å². The van der Waals surface area contributed by atoms with Crippen LogP contribution in [0.25, 0.3) is 0 Å².